The highest BCUT2D eigenvalue weighted by atomic mass is 16.7. The highest BCUT2D eigenvalue weighted by Gasteiger charge is 2.17. The number of fused-ring (bicyclic) bond motifs is 1. The minimum absolute atomic E-state index is 0.138. The van der Waals surface area contributed by atoms with Gasteiger partial charge in [0.15, 0.2) is 34.5 Å². The van der Waals surface area contributed by atoms with E-state index >= 15 is 0 Å². The van der Waals surface area contributed by atoms with E-state index in [0.717, 1.165) is 0 Å². The molecular weight excluding hydrogens is 476 g/mol. The molecule has 3 aromatic rings. The van der Waals surface area contributed by atoms with Gasteiger partial charge in [-0.05, 0) is 24.3 Å². The van der Waals surface area contributed by atoms with Crippen molar-refractivity contribution in [3.05, 3.63) is 58.7 Å². The van der Waals surface area contributed by atoms with Crippen molar-refractivity contribution in [1.29, 1.82) is 0 Å². The minimum atomic E-state index is 0.138. The third-order valence-electron chi connectivity index (χ3n) is 5.53. The first kappa shape index (κ1) is 25.3. The molecule has 0 atom stereocenters. The van der Waals surface area contributed by atoms with Crippen molar-refractivity contribution in [2.75, 3.05) is 49.5 Å². The van der Waals surface area contributed by atoms with E-state index in [0.29, 0.717) is 68.2 Å². The third-order valence-corrected chi connectivity index (χ3v) is 5.53. The van der Waals surface area contributed by atoms with Crippen LogP contribution in [0.4, 0.5) is 0 Å². The van der Waals surface area contributed by atoms with E-state index in [1.54, 1.807) is 66.9 Å². The monoisotopic (exact) mass is 502 g/mol. The van der Waals surface area contributed by atoms with Gasteiger partial charge in [0, 0.05) is 34.4 Å². The van der Waals surface area contributed by atoms with E-state index < -0.39 is 0 Å². The zero-order chi connectivity index (χ0) is 26.4. The molecule has 0 fully saturated rings. The Morgan fingerprint density at radius 3 is 1.14 bits per heavy atom. The second kappa shape index (κ2) is 11.3. The van der Waals surface area contributed by atoms with E-state index in [2.05, 4.69) is 23.7 Å². The maximum Gasteiger partial charge on any atom is 0.231 e. The van der Waals surface area contributed by atoms with Gasteiger partial charge in [-0.15, -0.1) is 0 Å². The standard InChI is InChI=1S/C29H26O8/c1-30-24-11-18(12-25(31-2)28(24)34-5)7-9-20-15-22-23(37-17-36-22)16-21(20)10-8-19-13-26(32-3)29(35-6)27(14-19)33-4/h11-16H,17H2,1-6H3. The summed E-state index contributed by atoms with van der Waals surface area (Å²) in [6, 6.07) is 10.7. The Morgan fingerprint density at radius 2 is 0.838 bits per heavy atom. The summed E-state index contributed by atoms with van der Waals surface area (Å²) >= 11 is 0. The average Bonchev–Trinajstić information content (AvgIpc) is 3.40. The molecule has 1 aliphatic rings. The fourth-order valence-corrected chi connectivity index (χ4v) is 3.73. The average molecular weight is 503 g/mol. The Bertz CT molecular complexity index is 1280. The molecule has 0 radical (unpaired) electrons. The summed E-state index contributed by atoms with van der Waals surface area (Å²) in [5.74, 6) is 16.9. The molecule has 1 heterocycles. The van der Waals surface area contributed by atoms with E-state index in [1.807, 2.05) is 12.1 Å². The van der Waals surface area contributed by atoms with Gasteiger partial charge in [-0.3, -0.25) is 0 Å². The first-order chi connectivity index (χ1) is 18.0. The first-order valence-corrected chi connectivity index (χ1v) is 11.1. The van der Waals surface area contributed by atoms with Crippen LogP contribution in [-0.4, -0.2) is 49.5 Å². The fraction of sp³-hybridized carbons (Fsp3) is 0.241. The number of rotatable bonds is 6. The van der Waals surface area contributed by atoms with Gasteiger partial charge in [0.25, 0.3) is 0 Å². The van der Waals surface area contributed by atoms with Gasteiger partial charge < -0.3 is 37.9 Å². The normalized spacial score (nSPS) is 10.9. The number of ether oxygens (including phenoxy) is 8. The molecule has 0 amide bonds. The Kier molecular flexibility index (Phi) is 7.71. The number of methoxy groups -OCH3 is 6. The largest absolute Gasteiger partial charge is 0.493 e. The Balaban J connectivity index is 1.78. The zero-order valence-corrected chi connectivity index (χ0v) is 21.4. The molecule has 0 aliphatic carbocycles. The van der Waals surface area contributed by atoms with Gasteiger partial charge in [0.05, 0.1) is 42.7 Å². The molecule has 4 rings (SSSR count). The van der Waals surface area contributed by atoms with Crippen LogP contribution in [0.3, 0.4) is 0 Å². The molecule has 1 aliphatic heterocycles. The summed E-state index contributed by atoms with van der Waals surface area (Å²) in [5.41, 5.74) is 2.68. The Hall–Kier alpha value is -4.82. The smallest absolute Gasteiger partial charge is 0.231 e. The minimum Gasteiger partial charge on any atom is -0.493 e. The lowest BCUT2D eigenvalue weighted by molar-refractivity contribution is 0.174. The summed E-state index contributed by atoms with van der Waals surface area (Å²) in [7, 11) is 9.34. The van der Waals surface area contributed by atoms with E-state index in [4.69, 9.17) is 37.9 Å². The van der Waals surface area contributed by atoms with Crippen LogP contribution in [0.1, 0.15) is 22.3 Å². The maximum atomic E-state index is 5.56. The molecule has 0 aromatic heterocycles. The number of benzene rings is 3. The van der Waals surface area contributed by atoms with Crippen molar-refractivity contribution in [3.8, 4) is 69.7 Å². The Labute approximate surface area is 215 Å². The molecule has 8 heteroatoms. The van der Waals surface area contributed by atoms with Crippen LogP contribution in [0, 0.1) is 23.7 Å². The molecule has 0 spiro atoms. The lowest BCUT2D eigenvalue weighted by atomic mass is 10.0. The van der Waals surface area contributed by atoms with Crippen LogP contribution in [0.2, 0.25) is 0 Å². The maximum absolute atomic E-state index is 5.56. The van der Waals surface area contributed by atoms with Crippen LogP contribution in [0.25, 0.3) is 0 Å². The van der Waals surface area contributed by atoms with Crippen LogP contribution in [0.5, 0.6) is 46.0 Å². The molecule has 8 nitrogen and oxygen atoms in total. The van der Waals surface area contributed by atoms with Crippen LogP contribution >= 0.6 is 0 Å². The van der Waals surface area contributed by atoms with Crippen molar-refractivity contribution >= 4 is 0 Å². The zero-order valence-electron chi connectivity index (χ0n) is 21.4. The van der Waals surface area contributed by atoms with Gasteiger partial charge in [-0.2, -0.15) is 0 Å². The molecule has 0 unspecified atom stereocenters. The third kappa shape index (κ3) is 5.24. The SMILES string of the molecule is COc1cc(C#Cc2cc3c(cc2C#Cc2cc(OC)c(OC)c(OC)c2)OCO3)cc(OC)c1OC. The summed E-state index contributed by atoms with van der Waals surface area (Å²) in [5, 5.41) is 0. The van der Waals surface area contributed by atoms with Crippen molar-refractivity contribution in [3.63, 3.8) is 0 Å². The Morgan fingerprint density at radius 1 is 0.486 bits per heavy atom. The summed E-state index contributed by atoms with van der Waals surface area (Å²) < 4.78 is 43.6. The summed E-state index contributed by atoms with van der Waals surface area (Å²) in [6.45, 7) is 0.138. The van der Waals surface area contributed by atoms with Gasteiger partial charge in [-0.25, -0.2) is 0 Å². The molecular formula is C29H26O8. The highest BCUT2D eigenvalue weighted by Crippen LogP contribution is 2.39. The predicted octanol–water partition coefficient (Wildman–Crippen LogP) is 4.27. The highest BCUT2D eigenvalue weighted by molar-refractivity contribution is 5.64. The van der Waals surface area contributed by atoms with Gasteiger partial charge in [0.2, 0.25) is 18.3 Å². The molecule has 190 valence electrons. The van der Waals surface area contributed by atoms with Gasteiger partial charge in [-0.1, -0.05) is 23.7 Å². The van der Waals surface area contributed by atoms with Crippen LogP contribution in [-0.2, 0) is 0 Å². The fourth-order valence-electron chi connectivity index (χ4n) is 3.73. The van der Waals surface area contributed by atoms with Crippen molar-refractivity contribution in [2.24, 2.45) is 0 Å². The van der Waals surface area contributed by atoms with Gasteiger partial charge in [0.1, 0.15) is 0 Å². The molecule has 0 bridgehead atoms. The second-order valence-electron chi connectivity index (χ2n) is 7.58. The predicted molar refractivity (Wildman–Crippen MR) is 137 cm³/mol. The molecule has 3 aromatic carbocycles. The lowest BCUT2D eigenvalue weighted by Crippen LogP contribution is -1.96. The van der Waals surface area contributed by atoms with Crippen molar-refractivity contribution in [2.45, 2.75) is 0 Å². The van der Waals surface area contributed by atoms with Crippen LogP contribution < -0.4 is 37.9 Å². The van der Waals surface area contributed by atoms with Gasteiger partial charge >= 0.3 is 0 Å². The van der Waals surface area contributed by atoms with E-state index in [9.17, 15) is 0 Å². The van der Waals surface area contributed by atoms with Crippen molar-refractivity contribution in [1.82, 2.24) is 0 Å². The molecule has 0 saturated carbocycles. The molecule has 0 saturated heterocycles. The summed E-state index contributed by atoms with van der Waals surface area (Å²) in [4.78, 5) is 0. The van der Waals surface area contributed by atoms with E-state index in [-0.39, 0.29) is 6.79 Å². The van der Waals surface area contributed by atoms with Crippen LogP contribution in [0.15, 0.2) is 36.4 Å². The first-order valence-electron chi connectivity index (χ1n) is 11.1. The quantitative estimate of drug-likeness (QED) is 0.463. The topological polar surface area (TPSA) is 73.8 Å². The number of hydrogen-bond donors (Lipinski definition) is 0. The van der Waals surface area contributed by atoms with E-state index in [1.165, 1.54) is 0 Å². The second-order valence-corrected chi connectivity index (χ2v) is 7.58. The molecule has 0 N–H and O–H groups in total. The number of hydrogen-bond acceptors (Lipinski definition) is 8. The molecule has 37 heavy (non-hydrogen) atoms. The lowest BCUT2D eigenvalue weighted by Gasteiger charge is -2.12. The summed E-state index contributed by atoms with van der Waals surface area (Å²) in [6.07, 6.45) is 0. The van der Waals surface area contributed by atoms with Crippen molar-refractivity contribution < 1.29 is 37.9 Å².